The number of fused-ring (bicyclic) bond motifs is 1. The first-order valence-electron chi connectivity index (χ1n) is 7.11. The molecule has 1 amide bonds. The maximum Gasteiger partial charge on any atom is 0.261 e. The molecule has 3 rings (SSSR count). The van der Waals surface area contributed by atoms with E-state index in [1.807, 2.05) is 6.92 Å². The second-order valence-corrected chi connectivity index (χ2v) is 8.01. The van der Waals surface area contributed by atoms with Gasteiger partial charge in [-0.05, 0) is 37.3 Å². The van der Waals surface area contributed by atoms with Crippen LogP contribution < -0.4 is 10.0 Å². The van der Waals surface area contributed by atoms with E-state index < -0.39 is 10.0 Å². The average molecular weight is 361 g/mol. The number of aromatic nitrogens is 1. The summed E-state index contributed by atoms with van der Waals surface area (Å²) < 4.78 is 28.2. The number of hydrogen-bond donors (Lipinski definition) is 2. The van der Waals surface area contributed by atoms with Crippen molar-refractivity contribution in [3.8, 4) is 0 Å². The van der Waals surface area contributed by atoms with Crippen LogP contribution in [0.5, 0.6) is 0 Å². The molecule has 0 saturated carbocycles. The van der Waals surface area contributed by atoms with Gasteiger partial charge in [-0.2, -0.15) is 0 Å². The van der Waals surface area contributed by atoms with E-state index in [1.165, 1.54) is 18.3 Å². The molecule has 0 aliphatic carbocycles. The Labute approximate surface area is 143 Å². The number of hydrogen-bond acceptors (Lipinski definition) is 5. The molecule has 8 heteroatoms. The molecule has 124 valence electrons. The summed E-state index contributed by atoms with van der Waals surface area (Å²) in [5.74, 6) is -0.200. The third-order valence-electron chi connectivity index (χ3n) is 3.25. The van der Waals surface area contributed by atoms with Crippen molar-refractivity contribution in [2.75, 3.05) is 10.0 Å². The number of sulfonamides is 1. The van der Waals surface area contributed by atoms with Gasteiger partial charge in [0.15, 0.2) is 5.13 Å². The minimum atomic E-state index is -3.66. The highest BCUT2D eigenvalue weighted by atomic mass is 32.2. The predicted octanol–water partition coefficient (Wildman–Crippen LogP) is 3.36. The van der Waals surface area contributed by atoms with Gasteiger partial charge in [-0.25, -0.2) is 13.4 Å². The zero-order chi connectivity index (χ0) is 17.3. The topological polar surface area (TPSA) is 88.2 Å². The second-order valence-electron chi connectivity index (χ2n) is 5.30. The summed E-state index contributed by atoms with van der Waals surface area (Å²) in [6.45, 7) is 3.31. The standard InChI is InChI=1S/C16H15N3O3S2/c1-10-3-6-13(7-4-10)24(21,22)19-12-5-8-15-14(9-12)18-16(23-15)17-11(2)20/h3-9,19H,1-2H3,(H,17,18,20). The van der Waals surface area contributed by atoms with Gasteiger partial charge in [0, 0.05) is 6.92 Å². The fourth-order valence-corrected chi connectivity index (χ4v) is 4.07. The van der Waals surface area contributed by atoms with Crippen LogP contribution in [0.2, 0.25) is 0 Å². The first kappa shape index (κ1) is 16.4. The molecule has 0 aliphatic rings. The summed E-state index contributed by atoms with van der Waals surface area (Å²) in [6.07, 6.45) is 0. The molecule has 1 aromatic heterocycles. The molecule has 24 heavy (non-hydrogen) atoms. The second kappa shape index (κ2) is 6.21. The van der Waals surface area contributed by atoms with Gasteiger partial charge >= 0.3 is 0 Å². The molecule has 2 aromatic carbocycles. The third kappa shape index (κ3) is 3.55. The van der Waals surface area contributed by atoms with Crippen LogP contribution in [0, 0.1) is 6.92 Å². The number of carbonyl (C=O) groups is 1. The minimum Gasteiger partial charge on any atom is -0.302 e. The molecule has 2 N–H and O–H groups in total. The molecule has 1 heterocycles. The molecule has 6 nitrogen and oxygen atoms in total. The number of carbonyl (C=O) groups excluding carboxylic acids is 1. The van der Waals surface area contributed by atoms with E-state index in [-0.39, 0.29) is 10.8 Å². The average Bonchev–Trinajstić information content (AvgIpc) is 2.87. The van der Waals surface area contributed by atoms with Crippen LogP contribution in [0.3, 0.4) is 0 Å². The van der Waals surface area contributed by atoms with E-state index in [9.17, 15) is 13.2 Å². The van der Waals surface area contributed by atoms with Gasteiger partial charge in [0.25, 0.3) is 10.0 Å². The van der Waals surface area contributed by atoms with Crippen molar-refractivity contribution in [3.05, 3.63) is 48.0 Å². The summed E-state index contributed by atoms with van der Waals surface area (Å²) >= 11 is 1.33. The van der Waals surface area contributed by atoms with Crippen molar-refractivity contribution < 1.29 is 13.2 Å². The largest absolute Gasteiger partial charge is 0.302 e. The molecule has 0 saturated heterocycles. The number of nitrogens with zero attached hydrogens (tertiary/aromatic N) is 1. The van der Waals surface area contributed by atoms with Gasteiger partial charge in [-0.15, -0.1) is 0 Å². The molecule has 0 bridgehead atoms. The van der Waals surface area contributed by atoms with Crippen molar-refractivity contribution >= 4 is 48.3 Å². The number of rotatable bonds is 4. The van der Waals surface area contributed by atoms with Gasteiger partial charge in [-0.1, -0.05) is 29.0 Å². The lowest BCUT2D eigenvalue weighted by Gasteiger charge is -2.08. The fraction of sp³-hybridized carbons (Fsp3) is 0.125. The molecular formula is C16H15N3O3S2. The van der Waals surface area contributed by atoms with Crippen LogP contribution in [-0.2, 0) is 14.8 Å². The summed E-state index contributed by atoms with van der Waals surface area (Å²) in [7, 11) is -3.66. The Balaban J connectivity index is 1.89. The maximum atomic E-state index is 12.4. The Bertz CT molecular complexity index is 1010. The first-order chi connectivity index (χ1) is 11.3. The highest BCUT2D eigenvalue weighted by Crippen LogP contribution is 2.29. The maximum absolute atomic E-state index is 12.4. The van der Waals surface area contributed by atoms with Gasteiger partial charge in [0.05, 0.1) is 20.8 Å². The van der Waals surface area contributed by atoms with Crippen molar-refractivity contribution in [2.24, 2.45) is 0 Å². The Morgan fingerprint density at radius 3 is 2.50 bits per heavy atom. The number of aryl methyl sites for hydroxylation is 1. The van der Waals surface area contributed by atoms with Crippen molar-refractivity contribution in [1.82, 2.24) is 4.98 Å². The number of benzene rings is 2. The highest BCUT2D eigenvalue weighted by molar-refractivity contribution is 7.92. The lowest BCUT2D eigenvalue weighted by Crippen LogP contribution is -2.12. The third-order valence-corrected chi connectivity index (χ3v) is 5.60. The van der Waals surface area contributed by atoms with Crippen LogP contribution in [0.4, 0.5) is 10.8 Å². The zero-order valence-electron chi connectivity index (χ0n) is 13.0. The minimum absolute atomic E-state index is 0.199. The molecule has 0 unspecified atom stereocenters. The zero-order valence-corrected chi connectivity index (χ0v) is 14.7. The summed E-state index contributed by atoms with van der Waals surface area (Å²) in [5.41, 5.74) is 2.03. The van der Waals surface area contributed by atoms with Crippen LogP contribution >= 0.6 is 11.3 Å². The molecular weight excluding hydrogens is 346 g/mol. The van der Waals surface area contributed by atoms with E-state index in [2.05, 4.69) is 15.0 Å². The molecule has 3 aromatic rings. The normalized spacial score (nSPS) is 11.4. The Morgan fingerprint density at radius 2 is 1.83 bits per heavy atom. The van der Waals surface area contributed by atoms with E-state index in [4.69, 9.17) is 0 Å². The van der Waals surface area contributed by atoms with E-state index >= 15 is 0 Å². The van der Waals surface area contributed by atoms with Crippen molar-refractivity contribution in [1.29, 1.82) is 0 Å². The van der Waals surface area contributed by atoms with Gasteiger partial charge in [0.2, 0.25) is 5.91 Å². The Hall–Kier alpha value is -2.45. The van der Waals surface area contributed by atoms with Crippen molar-refractivity contribution in [3.63, 3.8) is 0 Å². The lowest BCUT2D eigenvalue weighted by atomic mass is 10.2. The van der Waals surface area contributed by atoms with Gasteiger partial charge < -0.3 is 5.32 Å². The molecule has 0 atom stereocenters. The number of nitrogens with one attached hydrogen (secondary N) is 2. The Morgan fingerprint density at radius 1 is 1.12 bits per heavy atom. The number of thiazole rings is 1. The molecule has 0 aliphatic heterocycles. The number of amides is 1. The monoisotopic (exact) mass is 361 g/mol. The van der Waals surface area contributed by atoms with Crippen LogP contribution in [-0.4, -0.2) is 19.3 Å². The first-order valence-corrected chi connectivity index (χ1v) is 9.41. The highest BCUT2D eigenvalue weighted by Gasteiger charge is 2.14. The summed E-state index contributed by atoms with van der Waals surface area (Å²) in [6, 6.07) is 11.7. The van der Waals surface area contributed by atoms with Gasteiger partial charge in [-0.3, -0.25) is 9.52 Å². The van der Waals surface area contributed by atoms with Crippen LogP contribution in [0.25, 0.3) is 10.2 Å². The van der Waals surface area contributed by atoms with E-state index in [0.29, 0.717) is 16.3 Å². The SMILES string of the molecule is CC(=O)Nc1nc2cc(NS(=O)(=O)c3ccc(C)cc3)ccc2s1. The smallest absolute Gasteiger partial charge is 0.261 e. The lowest BCUT2D eigenvalue weighted by molar-refractivity contribution is -0.114. The Kier molecular flexibility index (Phi) is 4.25. The molecule has 0 spiro atoms. The summed E-state index contributed by atoms with van der Waals surface area (Å²) in [4.78, 5) is 15.6. The molecule has 0 fully saturated rings. The summed E-state index contributed by atoms with van der Waals surface area (Å²) in [5, 5.41) is 3.11. The van der Waals surface area contributed by atoms with Crippen LogP contribution in [0.1, 0.15) is 12.5 Å². The fourth-order valence-electron chi connectivity index (χ4n) is 2.13. The molecule has 0 radical (unpaired) electrons. The van der Waals surface area contributed by atoms with Gasteiger partial charge in [0.1, 0.15) is 0 Å². The number of anilines is 2. The van der Waals surface area contributed by atoms with Crippen molar-refractivity contribution in [2.45, 2.75) is 18.7 Å². The van der Waals surface area contributed by atoms with Crippen LogP contribution in [0.15, 0.2) is 47.4 Å². The quantitative estimate of drug-likeness (QED) is 0.746. The van der Waals surface area contributed by atoms with E-state index in [1.54, 1.807) is 42.5 Å². The predicted molar refractivity (Wildman–Crippen MR) is 95.9 cm³/mol. The van der Waals surface area contributed by atoms with E-state index in [0.717, 1.165) is 10.3 Å².